The van der Waals surface area contributed by atoms with Gasteiger partial charge in [0.2, 0.25) is 0 Å². The molecule has 0 spiro atoms. The fourth-order valence-corrected chi connectivity index (χ4v) is 3.14. The lowest BCUT2D eigenvalue weighted by atomic mass is 9.85. The Bertz CT molecular complexity index is 225. The minimum atomic E-state index is -0.349. The first-order chi connectivity index (χ1) is 7.57. The number of hydrogen-bond donors (Lipinski definition) is 0. The molecule has 2 rings (SSSR count). The van der Waals surface area contributed by atoms with E-state index in [9.17, 15) is 0 Å². The summed E-state index contributed by atoms with van der Waals surface area (Å²) in [6.45, 7) is 7.24. The Labute approximate surface area is 99.7 Å². The monoisotopic (exact) mass is 226 g/mol. The number of hydrogen-bond acceptors (Lipinski definition) is 2. The van der Waals surface area contributed by atoms with E-state index in [1.807, 2.05) is 13.8 Å². The first-order valence-corrected chi connectivity index (χ1v) is 6.88. The minimum absolute atomic E-state index is 0.334. The third-order valence-electron chi connectivity index (χ3n) is 4.17. The Kier molecular flexibility index (Phi) is 3.91. The first-order valence-electron chi connectivity index (χ1n) is 6.88. The lowest BCUT2D eigenvalue weighted by molar-refractivity contribution is -0.140. The van der Waals surface area contributed by atoms with Crippen LogP contribution in [-0.2, 0) is 9.47 Å². The van der Waals surface area contributed by atoms with Crippen molar-refractivity contribution in [3.8, 4) is 0 Å². The van der Waals surface area contributed by atoms with Gasteiger partial charge >= 0.3 is 0 Å². The van der Waals surface area contributed by atoms with Gasteiger partial charge in [0.25, 0.3) is 0 Å². The molecule has 1 saturated carbocycles. The summed E-state index contributed by atoms with van der Waals surface area (Å²) >= 11 is 0. The van der Waals surface area contributed by atoms with Gasteiger partial charge in [-0.05, 0) is 32.1 Å². The zero-order valence-corrected chi connectivity index (χ0v) is 11.0. The smallest absolute Gasteiger partial charge is 0.163 e. The molecule has 94 valence electrons. The van der Waals surface area contributed by atoms with Gasteiger partial charge in [-0.1, -0.05) is 39.0 Å². The quantitative estimate of drug-likeness (QED) is 0.668. The van der Waals surface area contributed by atoms with Gasteiger partial charge in [-0.15, -0.1) is 0 Å². The molecule has 0 amide bonds. The van der Waals surface area contributed by atoms with Crippen LogP contribution in [0.5, 0.6) is 0 Å². The van der Waals surface area contributed by atoms with Crippen LogP contribution in [0.3, 0.4) is 0 Å². The molecule has 1 heterocycles. The van der Waals surface area contributed by atoms with E-state index in [4.69, 9.17) is 9.47 Å². The summed E-state index contributed by atoms with van der Waals surface area (Å²) in [4.78, 5) is 0. The standard InChI is InChI=1S/C14H26O2/c1-11-7-5-4-6-8-12(11)9-13-10-15-14(2,3)16-13/h11-13H,4-10H2,1-3H3/t11-,12+,13-/m1/s1. The Morgan fingerprint density at radius 3 is 2.56 bits per heavy atom. The molecular weight excluding hydrogens is 200 g/mol. The third-order valence-corrected chi connectivity index (χ3v) is 4.17. The van der Waals surface area contributed by atoms with Crippen LogP contribution in [0.4, 0.5) is 0 Å². The van der Waals surface area contributed by atoms with Crippen LogP contribution in [0.15, 0.2) is 0 Å². The molecule has 0 unspecified atom stereocenters. The second-order valence-corrected chi connectivity index (χ2v) is 6.06. The van der Waals surface area contributed by atoms with E-state index < -0.39 is 0 Å². The van der Waals surface area contributed by atoms with E-state index in [0.717, 1.165) is 18.4 Å². The molecule has 1 aliphatic carbocycles. The highest BCUT2D eigenvalue weighted by Crippen LogP contribution is 2.35. The van der Waals surface area contributed by atoms with Crippen molar-refractivity contribution in [3.63, 3.8) is 0 Å². The molecule has 0 aromatic rings. The average Bonchev–Trinajstić information content (AvgIpc) is 2.41. The van der Waals surface area contributed by atoms with E-state index in [-0.39, 0.29) is 5.79 Å². The van der Waals surface area contributed by atoms with Crippen molar-refractivity contribution in [2.24, 2.45) is 11.8 Å². The summed E-state index contributed by atoms with van der Waals surface area (Å²) in [5.41, 5.74) is 0. The SMILES string of the molecule is C[C@@H]1CCCCC[C@H]1C[C@@H]1COC(C)(C)O1. The second-order valence-electron chi connectivity index (χ2n) is 6.06. The van der Waals surface area contributed by atoms with Gasteiger partial charge in [0.1, 0.15) is 0 Å². The molecule has 1 saturated heterocycles. The minimum Gasteiger partial charge on any atom is -0.348 e. The van der Waals surface area contributed by atoms with Crippen LogP contribution >= 0.6 is 0 Å². The van der Waals surface area contributed by atoms with Crippen molar-refractivity contribution in [3.05, 3.63) is 0 Å². The number of ether oxygens (including phenoxy) is 2. The van der Waals surface area contributed by atoms with E-state index in [2.05, 4.69) is 6.92 Å². The summed E-state index contributed by atoms with van der Waals surface area (Å²) in [7, 11) is 0. The molecule has 1 aliphatic heterocycles. The van der Waals surface area contributed by atoms with Crippen LogP contribution in [-0.4, -0.2) is 18.5 Å². The maximum Gasteiger partial charge on any atom is 0.163 e. The third kappa shape index (κ3) is 3.21. The van der Waals surface area contributed by atoms with Crippen LogP contribution in [0.1, 0.15) is 59.3 Å². The second kappa shape index (κ2) is 5.05. The molecular formula is C14H26O2. The largest absolute Gasteiger partial charge is 0.348 e. The van der Waals surface area contributed by atoms with Crippen molar-refractivity contribution in [2.75, 3.05) is 6.61 Å². The van der Waals surface area contributed by atoms with Crippen LogP contribution in [0.2, 0.25) is 0 Å². The Balaban J connectivity index is 1.84. The van der Waals surface area contributed by atoms with E-state index in [1.165, 1.54) is 38.5 Å². The summed E-state index contributed by atoms with van der Waals surface area (Å²) < 4.78 is 11.6. The van der Waals surface area contributed by atoms with Crippen molar-refractivity contribution in [1.82, 2.24) is 0 Å². The summed E-state index contributed by atoms with van der Waals surface area (Å²) in [6, 6.07) is 0. The Hall–Kier alpha value is -0.0800. The summed E-state index contributed by atoms with van der Waals surface area (Å²) in [5.74, 6) is 1.37. The molecule has 3 atom stereocenters. The van der Waals surface area contributed by atoms with Gasteiger partial charge in [0, 0.05) is 0 Å². The Morgan fingerprint density at radius 1 is 1.12 bits per heavy atom. The maximum atomic E-state index is 5.92. The van der Waals surface area contributed by atoms with Gasteiger partial charge < -0.3 is 9.47 Å². The highest BCUT2D eigenvalue weighted by atomic mass is 16.7. The molecule has 16 heavy (non-hydrogen) atoms. The van der Waals surface area contributed by atoms with Crippen LogP contribution in [0, 0.1) is 11.8 Å². The van der Waals surface area contributed by atoms with E-state index in [0.29, 0.717) is 6.10 Å². The van der Waals surface area contributed by atoms with Crippen molar-refractivity contribution in [1.29, 1.82) is 0 Å². The molecule has 0 N–H and O–H groups in total. The van der Waals surface area contributed by atoms with Crippen LogP contribution in [0.25, 0.3) is 0 Å². The van der Waals surface area contributed by atoms with Gasteiger partial charge in [-0.2, -0.15) is 0 Å². The molecule has 2 heteroatoms. The number of rotatable bonds is 2. The van der Waals surface area contributed by atoms with Gasteiger partial charge in [-0.25, -0.2) is 0 Å². The first kappa shape index (κ1) is 12.4. The molecule has 2 fully saturated rings. The summed E-state index contributed by atoms with van der Waals surface area (Å²) in [6.07, 6.45) is 8.58. The lowest BCUT2D eigenvalue weighted by Crippen LogP contribution is -2.24. The predicted molar refractivity (Wildman–Crippen MR) is 65.3 cm³/mol. The molecule has 2 nitrogen and oxygen atoms in total. The molecule has 0 bridgehead atoms. The molecule has 2 aliphatic rings. The zero-order chi connectivity index (χ0) is 11.6. The fourth-order valence-electron chi connectivity index (χ4n) is 3.14. The Morgan fingerprint density at radius 2 is 1.88 bits per heavy atom. The van der Waals surface area contributed by atoms with Gasteiger partial charge in [-0.3, -0.25) is 0 Å². The molecule has 0 aromatic heterocycles. The topological polar surface area (TPSA) is 18.5 Å². The fraction of sp³-hybridized carbons (Fsp3) is 1.00. The van der Waals surface area contributed by atoms with Crippen LogP contribution < -0.4 is 0 Å². The maximum absolute atomic E-state index is 5.92. The van der Waals surface area contributed by atoms with Crippen molar-refractivity contribution < 1.29 is 9.47 Å². The summed E-state index contributed by atoms with van der Waals surface area (Å²) in [5, 5.41) is 0. The normalized spacial score (nSPS) is 39.6. The highest BCUT2D eigenvalue weighted by Gasteiger charge is 2.35. The van der Waals surface area contributed by atoms with Gasteiger partial charge in [0.15, 0.2) is 5.79 Å². The predicted octanol–water partition coefficient (Wildman–Crippen LogP) is 3.74. The zero-order valence-electron chi connectivity index (χ0n) is 11.0. The molecule has 0 radical (unpaired) electrons. The average molecular weight is 226 g/mol. The molecule has 0 aromatic carbocycles. The van der Waals surface area contributed by atoms with Gasteiger partial charge in [0.05, 0.1) is 12.7 Å². The highest BCUT2D eigenvalue weighted by molar-refractivity contribution is 4.78. The lowest BCUT2D eigenvalue weighted by Gasteiger charge is -2.24. The van der Waals surface area contributed by atoms with E-state index in [1.54, 1.807) is 0 Å². The van der Waals surface area contributed by atoms with E-state index >= 15 is 0 Å². The van der Waals surface area contributed by atoms with Crippen molar-refractivity contribution in [2.45, 2.75) is 71.2 Å². The van der Waals surface area contributed by atoms with Crippen molar-refractivity contribution >= 4 is 0 Å².